The highest BCUT2D eigenvalue weighted by Crippen LogP contribution is 2.04. The fourth-order valence-corrected chi connectivity index (χ4v) is 1.61. The Morgan fingerprint density at radius 1 is 1.20 bits per heavy atom. The summed E-state index contributed by atoms with van der Waals surface area (Å²) in [4.78, 5) is 2.37. The monoisotopic (exact) mass is 215 g/mol. The lowest BCUT2D eigenvalue weighted by Crippen LogP contribution is -2.34. The highest BCUT2D eigenvalue weighted by Gasteiger charge is 2.09. The molecule has 0 unspecified atom stereocenters. The molecule has 0 aliphatic rings. The third-order valence-electron chi connectivity index (χ3n) is 2.06. The summed E-state index contributed by atoms with van der Waals surface area (Å²) in [7, 11) is 0. The van der Waals surface area contributed by atoms with E-state index in [0.29, 0.717) is 24.1 Å². The molecule has 4 heteroatoms. The van der Waals surface area contributed by atoms with Crippen LogP contribution in [0.2, 0.25) is 0 Å². The highest BCUT2D eigenvalue weighted by molar-refractivity contribution is 5.79. The van der Waals surface area contributed by atoms with Gasteiger partial charge in [-0.3, -0.25) is 0 Å². The van der Waals surface area contributed by atoms with E-state index in [1.165, 1.54) is 0 Å². The molecule has 4 nitrogen and oxygen atoms in total. The van der Waals surface area contributed by atoms with Crippen LogP contribution < -0.4 is 5.73 Å². The van der Waals surface area contributed by atoms with E-state index in [4.69, 9.17) is 10.9 Å². The van der Waals surface area contributed by atoms with Crippen molar-refractivity contribution in [1.29, 1.82) is 0 Å². The van der Waals surface area contributed by atoms with Crippen molar-refractivity contribution in [3.63, 3.8) is 0 Å². The Kier molecular flexibility index (Phi) is 7.13. The standard InChI is InChI=1S/C11H25N3O/c1-9(2)7-14(8-10(3)4)6-5-11(12)13-15/h9-10,15H,5-8H2,1-4H3,(H2,12,13). The SMILES string of the molecule is CC(C)CN(CC/C(N)=N/O)CC(C)C. The summed E-state index contributed by atoms with van der Waals surface area (Å²) in [6.45, 7) is 11.8. The summed E-state index contributed by atoms with van der Waals surface area (Å²) < 4.78 is 0. The van der Waals surface area contributed by atoms with Gasteiger partial charge in [-0.2, -0.15) is 0 Å². The van der Waals surface area contributed by atoms with Crippen LogP contribution in [-0.4, -0.2) is 35.6 Å². The summed E-state index contributed by atoms with van der Waals surface area (Å²) >= 11 is 0. The molecule has 0 spiro atoms. The van der Waals surface area contributed by atoms with Gasteiger partial charge in [-0.05, 0) is 11.8 Å². The maximum Gasteiger partial charge on any atom is 0.140 e. The number of nitrogens with two attached hydrogens (primary N) is 1. The first-order valence-electron chi connectivity index (χ1n) is 5.64. The van der Waals surface area contributed by atoms with E-state index in [9.17, 15) is 0 Å². The lowest BCUT2D eigenvalue weighted by molar-refractivity contribution is 0.224. The van der Waals surface area contributed by atoms with E-state index in [-0.39, 0.29) is 0 Å². The van der Waals surface area contributed by atoms with Gasteiger partial charge >= 0.3 is 0 Å². The smallest absolute Gasteiger partial charge is 0.140 e. The van der Waals surface area contributed by atoms with Crippen LogP contribution >= 0.6 is 0 Å². The first kappa shape index (κ1) is 14.2. The summed E-state index contributed by atoms with van der Waals surface area (Å²) in [6, 6.07) is 0. The van der Waals surface area contributed by atoms with Crippen LogP contribution in [0.25, 0.3) is 0 Å². The van der Waals surface area contributed by atoms with Crippen molar-refractivity contribution in [2.24, 2.45) is 22.7 Å². The van der Waals surface area contributed by atoms with Gasteiger partial charge in [-0.25, -0.2) is 0 Å². The summed E-state index contributed by atoms with van der Waals surface area (Å²) in [5.41, 5.74) is 5.46. The average Bonchev–Trinajstić information content (AvgIpc) is 2.11. The normalized spacial score (nSPS) is 13.1. The molecule has 0 aliphatic heterocycles. The number of nitrogens with zero attached hydrogens (tertiary/aromatic N) is 2. The lowest BCUT2D eigenvalue weighted by Gasteiger charge is -2.25. The molecule has 15 heavy (non-hydrogen) atoms. The second-order valence-corrected chi connectivity index (χ2v) is 4.89. The zero-order valence-electron chi connectivity index (χ0n) is 10.4. The van der Waals surface area contributed by atoms with Crippen LogP contribution in [0.15, 0.2) is 5.16 Å². The first-order chi connectivity index (χ1) is 6.95. The molecule has 0 aromatic rings. The van der Waals surface area contributed by atoms with Gasteiger partial charge in [0.05, 0.1) is 0 Å². The van der Waals surface area contributed by atoms with Gasteiger partial charge < -0.3 is 15.8 Å². The van der Waals surface area contributed by atoms with Crippen molar-refractivity contribution in [3.8, 4) is 0 Å². The third-order valence-corrected chi connectivity index (χ3v) is 2.06. The van der Waals surface area contributed by atoms with E-state index < -0.39 is 0 Å². The third kappa shape index (κ3) is 8.24. The van der Waals surface area contributed by atoms with Gasteiger partial charge in [-0.1, -0.05) is 32.9 Å². The maximum absolute atomic E-state index is 8.46. The second kappa shape index (κ2) is 7.51. The van der Waals surface area contributed by atoms with Gasteiger partial charge in [0.2, 0.25) is 0 Å². The Balaban J connectivity index is 4.00. The molecule has 3 N–H and O–H groups in total. The molecule has 0 radical (unpaired) electrons. The molecule has 0 amide bonds. The van der Waals surface area contributed by atoms with Crippen LogP contribution in [0, 0.1) is 11.8 Å². The number of hydrogen-bond acceptors (Lipinski definition) is 3. The predicted octanol–water partition coefficient (Wildman–Crippen LogP) is 1.74. The molecule has 0 bridgehead atoms. The highest BCUT2D eigenvalue weighted by atomic mass is 16.4. The Morgan fingerprint density at radius 2 is 1.67 bits per heavy atom. The van der Waals surface area contributed by atoms with Crippen molar-refractivity contribution in [3.05, 3.63) is 0 Å². The zero-order valence-corrected chi connectivity index (χ0v) is 10.4. The van der Waals surface area contributed by atoms with Crippen LogP contribution in [0.4, 0.5) is 0 Å². The summed E-state index contributed by atoms with van der Waals surface area (Å²) in [5, 5.41) is 11.4. The number of rotatable bonds is 7. The van der Waals surface area contributed by atoms with E-state index in [1.807, 2.05) is 0 Å². The molecule has 0 rings (SSSR count). The number of oxime groups is 1. The summed E-state index contributed by atoms with van der Waals surface area (Å²) in [6.07, 6.45) is 0.635. The first-order valence-corrected chi connectivity index (χ1v) is 5.64. The average molecular weight is 215 g/mol. The molecule has 0 saturated heterocycles. The van der Waals surface area contributed by atoms with Crippen LogP contribution in [0.3, 0.4) is 0 Å². The molecular weight excluding hydrogens is 190 g/mol. The second-order valence-electron chi connectivity index (χ2n) is 4.89. The van der Waals surface area contributed by atoms with E-state index in [2.05, 4.69) is 37.8 Å². The minimum atomic E-state index is 0.313. The van der Waals surface area contributed by atoms with Crippen molar-refractivity contribution in [2.45, 2.75) is 34.1 Å². The summed E-state index contributed by atoms with van der Waals surface area (Å²) in [5.74, 6) is 1.61. The maximum atomic E-state index is 8.46. The molecule has 90 valence electrons. The molecule has 0 atom stereocenters. The largest absolute Gasteiger partial charge is 0.409 e. The van der Waals surface area contributed by atoms with Crippen molar-refractivity contribution in [1.82, 2.24) is 4.90 Å². The van der Waals surface area contributed by atoms with Crippen molar-refractivity contribution in [2.75, 3.05) is 19.6 Å². The van der Waals surface area contributed by atoms with E-state index in [1.54, 1.807) is 0 Å². The molecule has 0 saturated carbocycles. The molecule has 0 aromatic heterocycles. The van der Waals surface area contributed by atoms with Crippen molar-refractivity contribution < 1.29 is 5.21 Å². The van der Waals surface area contributed by atoms with E-state index in [0.717, 1.165) is 19.6 Å². The Labute approximate surface area is 93.1 Å². The Bertz CT molecular complexity index is 180. The molecule has 0 aliphatic carbocycles. The van der Waals surface area contributed by atoms with Gasteiger partial charge in [-0.15, -0.1) is 0 Å². The van der Waals surface area contributed by atoms with Gasteiger partial charge in [0.1, 0.15) is 5.84 Å². The number of hydrogen-bond donors (Lipinski definition) is 2. The molecule has 0 fully saturated rings. The number of amidine groups is 1. The van der Waals surface area contributed by atoms with Crippen LogP contribution in [0.5, 0.6) is 0 Å². The fraction of sp³-hybridized carbons (Fsp3) is 0.909. The zero-order chi connectivity index (χ0) is 11.8. The molecular formula is C11H25N3O. The van der Waals surface area contributed by atoms with E-state index >= 15 is 0 Å². The van der Waals surface area contributed by atoms with Gasteiger partial charge in [0, 0.05) is 26.1 Å². The van der Waals surface area contributed by atoms with Crippen molar-refractivity contribution >= 4 is 5.84 Å². The minimum absolute atomic E-state index is 0.313. The Hall–Kier alpha value is -0.770. The van der Waals surface area contributed by atoms with Crippen LogP contribution in [-0.2, 0) is 0 Å². The Morgan fingerprint density at radius 3 is 2.00 bits per heavy atom. The fourth-order valence-electron chi connectivity index (χ4n) is 1.61. The quantitative estimate of drug-likeness (QED) is 0.294. The molecule has 0 aromatic carbocycles. The lowest BCUT2D eigenvalue weighted by atomic mass is 10.1. The molecule has 0 heterocycles. The predicted molar refractivity (Wildman–Crippen MR) is 64.1 cm³/mol. The minimum Gasteiger partial charge on any atom is -0.409 e. The van der Waals surface area contributed by atoms with Crippen LogP contribution in [0.1, 0.15) is 34.1 Å². The van der Waals surface area contributed by atoms with Gasteiger partial charge in [0.25, 0.3) is 0 Å². The topological polar surface area (TPSA) is 61.8 Å². The van der Waals surface area contributed by atoms with Gasteiger partial charge in [0.15, 0.2) is 0 Å².